The van der Waals surface area contributed by atoms with E-state index in [1.54, 1.807) is 12.4 Å². The van der Waals surface area contributed by atoms with E-state index in [9.17, 15) is 4.79 Å². The smallest absolute Gasteiger partial charge is 0.242 e. The van der Waals surface area contributed by atoms with Gasteiger partial charge in [-0.05, 0) is 25.0 Å². The van der Waals surface area contributed by atoms with Crippen LogP contribution in [0.5, 0.6) is 0 Å². The minimum absolute atomic E-state index is 0.104. The number of hydrogen-bond acceptors (Lipinski definition) is 6. The van der Waals surface area contributed by atoms with E-state index in [1.165, 1.54) is 18.5 Å². The number of aromatic nitrogens is 3. The van der Waals surface area contributed by atoms with Gasteiger partial charge in [0.2, 0.25) is 5.91 Å². The van der Waals surface area contributed by atoms with Gasteiger partial charge in [0.05, 0.1) is 12.7 Å². The molecule has 0 atom stereocenters. The normalized spacial score (nSPS) is 17.0. The van der Waals surface area contributed by atoms with Crippen LogP contribution in [0.2, 0.25) is 0 Å². The van der Waals surface area contributed by atoms with E-state index in [0.29, 0.717) is 0 Å². The Balaban J connectivity index is 1.33. The first-order valence-corrected chi connectivity index (χ1v) is 11.8. The van der Waals surface area contributed by atoms with E-state index >= 15 is 0 Å². The second-order valence-electron chi connectivity index (χ2n) is 8.68. The number of amides is 1. The lowest BCUT2D eigenvalue weighted by Gasteiger charge is -2.34. The highest BCUT2D eigenvalue weighted by atomic mass is 16.2. The van der Waals surface area contributed by atoms with Gasteiger partial charge in [0.15, 0.2) is 5.65 Å². The Bertz CT molecular complexity index is 1110. The summed E-state index contributed by atoms with van der Waals surface area (Å²) in [5.41, 5.74) is 3.86. The Morgan fingerprint density at radius 3 is 2.55 bits per heavy atom. The third-order valence-electron chi connectivity index (χ3n) is 6.56. The first-order valence-electron chi connectivity index (χ1n) is 11.8. The highest BCUT2D eigenvalue weighted by Gasteiger charge is 2.22. The summed E-state index contributed by atoms with van der Waals surface area (Å²) in [7, 11) is 0. The van der Waals surface area contributed by atoms with Crippen LogP contribution < -0.4 is 10.2 Å². The minimum Gasteiger partial charge on any atom is -0.372 e. The van der Waals surface area contributed by atoms with Gasteiger partial charge in [-0.15, -0.1) is 6.58 Å². The van der Waals surface area contributed by atoms with Crippen LogP contribution in [0.3, 0.4) is 0 Å². The molecule has 2 saturated heterocycles. The molecule has 1 amide bonds. The molecule has 1 N–H and O–H groups in total. The number of anilines is 2. The summed E-state index contributed by atoms with van der Waals surface area (Å²) < 4.78 is 1.96. The number of carbonyl (C=O) groups is 1. The Kier molecular flexibility index (Phi) is 6.26. The van der Waals surface area contributed by atoms with E-state index in [4.69, 9.17) is 4.98 Å². The van der Waals surface area contributed by atoms with Crippen LogP contribution in [0, 0.1) is 0 Å². The fourth-order valence-corrected chi connectivity index (χ4v) is 4.72. The number of nitrogens with one attached hydrogen (secondary N) is 1. The number of nitrogens with zero attached hydrogens (tertiary/aromatic N) is 6. The van der Waals surface area contributed by atoms with Gasteiger partial charge >= 0.3 is 0 Å². The van der Waals surface area contributed by atoms with Crippen LogP contribution in [-0.4, -0.2) is 82.4 Å². The molecule has 172 valence electrons. The summed E-state index contributed by atoms with van der Waals surface area (Å²) in [5, 5.41) is 3.38. The second-order valence-corrected chi connectivity index (χ2v) is 8.68. The molecule has 33 heavy (non-hydrogen) atoms. The molecule has 0 aliphatic carbocycles. The SMILES string of the molecule is C=CCN1CCN(C(=O)CNc2c(-c3ccc(N4CCCC4)cc3)nc3cnccn23)CC1. The zero-order valence-corrected chi connectivity index (χ0v) is 19.0. The molecule has 0 bridgehead atoms. The Hall–Kier alpha value is -3.39. The first-order chi connectivity index (χ1) is 16.2. The van der Waals surface area contributed by atoms with E-state index in [2.05, 4.69) is 50.9 Å². The lowest BCUT2D eigenvalue weighted by Crippen LogP contribution is -2.50. The van der Waals surface area contributed by atoms with Gasteiger partial charge in [-0.3, -0.25) is 19.1 Å². The number of piperazine rings is 1. The molecule has 8 heteroatoms. The lowest BCUT2D eigenvalue weighted by molar-refractivity contribution is -0.130. The molecular weight excluding hydrogens is 414 g/mol. The third-order valence-corrected chi connectivity index (χ3v) is 6.56. The maximum Gasteiger partial charge on any atom is 0.242 e. The molecule has 8 nitrogen and oxygen atoms in total. The van der Waals surface area contributed by atoms with Gasteiger partial charge in [-0.25, -0.2) is 4.98 Å². The average molecular weight is 446 g/mol. The van der Waals surface area contributed by atoms with E-state index in [0.717, 1.165) is 68.5 Å². The van der Waals surface area contributed by atoms with Gasteiger partial charge in [0.25, 0.3) is 0 Å². The van der Waals surface area contributed by atoms with Crippen LogP contribution in [0.15, 0.2) is 55.5 Å². The Morgan fingerprint density at radius 1 is 1.06 bits per heavy atom. The molecule has 0 saturated carbocycles. The summed E-state index contributed by atoms with van der Waals surface area (Å²) >= 11 is 0. The quantitative estimate of drug-likeness (QED) is 0.564. The molecule has 2 fully saturated rings. The topological polar surface area (TPSA) is 69.0 Å². The fraction of sp³-hybridized carbons (Fsp3) is 0.400. The van der Waals surface area contributed by atoms with Crippen LogP contribution in [0.4, 0.5) is 11.5 Å². The number of imidazole rings is 1. The zero-order chi connectivity index (χ0) is 22.6. The average Bonchev–Trinajstić information content (AvgIpc) is 3.52. The number of rotatable bonds is 7. The highest BCUT2D eigenvalue weighted by molar-refractivity contribution is 5.84. The Labute approximate surface area is 194 Å². The standard InChI is InChI=1S/C25H31N7O/c1-2-10-29-14-16-31(17-15-29)23(33)19-27-25-24(28-22-18-26-9-13-32(22)25)20-5-7-21(8-6-20)30-11-3-4-12-30/h2,5-9,13,18,27H,1,3-4,10-12,14-17,19H2. The molecule has 0 radical (unpaired) electrons. The molecule has 5 rings (SSSR count). The zero-order valence-electron chi connectivity index (χ0n) is 19.0. The maximum atomic E-state index is 12.9. The first kappa shape index (κ1) is 21.5. The summed E-state index contributed by atoms with van der Waals surface area (Å²) in [6.07, 6.45) is 9.79. The minimum atomic E-state index is 0.104. The third kappa shape index (κ3) is 4.57. The number of benzene rings is 1. The van der Waals surface area contributed by atoms with Crippen LogP contribution in [0.1, 0.15) is 12.8 Å². The van der Waals surface area contributed by atoms with Crippen LogP contribution in [-0.2, 0) is 4.79 Å². The van der Waals surface area contributed by atoms with Crippen molar-refractivity contribution in [3.8, 4) is 11.3 Å². The molecule has 2 aliphatic heterocycles. The summed E-state index contributed by atoms with van der Waals surface area (Å²) in [6, 6.07) is 8.57. The van der Waals surface area contributed by atoms with E-state index < -0.39 is 0 Å². The molecular formula is C25H31N7O. The monoisotopic (exact) mass is 445 g/mol. The van der Waals surface area contributed by atoms with Crippen molar-refractivity contribution in [1.29, 1.82) is 0 Å². The van der Waals surface area contributed by atoms with Crippen molar-refractivity contribution < 1.29 is 4.79 Å². The number of carbonyl (C=O) groups excluding carboxylic acids is 1. The molecule has 0 spiro atoms. The summed E-state index contributed by atoms with van der Waals surface area (Å²) in [5.74, 6) is 0.924. The number of hydrogen-bond donors (Lipinski definition) is 1. The van der Waals surface area contributed by atoms with Crippen LogP contribution >= 0.6 is 0 Å². The largest absolute Gasteiger partial charge is 0.372 e. The van der Waals surface area contributed by atoms with E-state index in [-0.39, 0.29) is 12.5 Å². The Morgan fingerprint density at radius 2 is 1.82 bits per heavy atom. The predicted octanol–water partition coefficient (Wildman–Crippen LogP) is 2.74. The molecule has 3 aromatic rings. The lowest BCUT2D eigenvalue weighted by atomic mass is 10.1. The molecule has 4 heterocycles. The van der Waals surface area contributed by atoms with Gasteiger partial charge in [-0.1, -0.05) is 18.2 Å². The van der Waals surface area contributed by atoms with Gasteiger partial charge in [-0.2, -0.15) is 0 Å². The summed E-state index contributed by atoms with van der Waals surface area (Å²) in [4.78, 5) is 28.6. The van der Waals surface area contributed by atoms with Crippen molar-refractivity contribution in [2.24, 2.45) is 0 Å². The molecule has 1 aromatic carbocycles. The van der Waals surface area contributed by atoms with E-state index in [1.807, 2.05) is 21.6 Å². The van der Waals surface area contributed by atoms with Crippen molar-refractivity contribution in [2.45, 2.75) is 12.8 Å². The van der Waals surface area contributed by atoms with Crippen molar-refractivity contribution in [2.75, 3.05) is 62.6 Å². The van der Waals surface area contributed by atoms with Gasteiger partial charge in [0, 0.05) is 69.5 Å². The summed E-state index contributed by atoms with van der Waals surface area (Å²) in [6.45, 7) is 10.4. The molecule has 0 unspecified atom stereocenters. The predicted molar refractivity (Wildman–Crippen MR) is 132 cm³/mol. The van der Waals surface area contributed by atoms with Crippen LogP contribution in [0.25, 0.3) is 16.9 Å². The maximum absolute atomic E-state index is 12.9. The van der Waals surface area contributed by atoms with Gasteiger partial charge in [0.1, 0.15) is 11.5 Å². The molecule has 2 aromatic heterocycles. The number of fused-ring (bicyclic) bond motifs is 1. The van der Waals surface area contributed by atoms with Crippen molar-refractivity contribution in [3.63, 3.8) is 0 Å². The van der Waals surface area contributed by atoms with Crippen molar-refractivity contribution in [1.82, 2.24) is 24.2 Å². The van der Waals surface area contributed by atoms with Crippen molar-refractivity contribution >= 4 is 23.1 Å². The van der Waals surface area contributed by atoms with Gasteiger partial charge < -0.3 is 15.1 Å². The second kappa shape index (κ2) is 9.62. The fourth-order valence-electron chi connectivity index (χ4n) is 4.72. The highest BCUT2D eigenvalue weighted by Crippen LogP contribution is 2.30. The molecule has 2 aliphatic rings. The van der Waals surface area contributed by atoms with Crippen molar-refractivity contribution in [3.05, 3.63) is 55.5 Å².